The highest BCUT2D eigenvalue weighted by molar-refractivity contribution is 7.92. The summed E-state index contributed by atoms with van der Waals surface area (Å²) in [5.41, 5.74) is 1.41. The van der Waals surface area contributed by atoms with E-state index in [0.29, 0.717) is 12.0 Å². The molecule has 0 fully saturated rings. The molecule has 0 aliphatic carbocycles. The van der Waals surface area contributed by atoms with Gasteiger partial charge in [0.1, 0.15) is 0 Å². The molecular formula is C17H24N2O7S. The second-order valence-electron chi connectivity index (χ2n) is 6.19. The second-order valence-corrected chi connectivity index (χ2v) is 8.63. The number of pyridine rings is 1. The summed E-state index contributed by atoms with van der Waals surface area (Å²) in [6.07, 6.45) is 2.05. The van der Waals surface area contributed by atoms with Crippen LogP contribution in [-0.4, -0.2) is 60.0 Å². The zero-order valence-electron chi connectivity index (χ0n) is 15.4. The minimum absolute atomic E-state index is 0.0419. The number of aliphatic hydroxyl groups is 1. The third-order valence-electron chi connectivity index (χ3n) is 4.33. The molecule has 9 nitrogen and oxygen atoms in total. The van der Waals surface area contributed by atoms with Gasteiger partial charge in [-0.15, -0.1) is 0 Å². The molecule has 0 spiro atoms. The number of hydrogen-bond donors (Lipinski definition) is 3. The number of nitrogens with zero attached hydrogens (tertiary/aromatic N) is 1. The van der Waals surface area contributed by atoms with Gasteiger partial charge in [-0.05, 0) is 19.4 Å². The van der Waals surface area contributed by atoms with E-state index in [-0.39, 0.29) is 19.6 Å². The molecule has 0 aliphatic heterocycles. The first kappa shape index (κ1) is 22.9. The van der Waals surface area contributed by atoms with E-state index < -0.39 is 32.2 Å². The van der Waals surface area contributed by atoms with Gasteiger partial charge >= 0.3 is 0 Å². The molecular weight excluding hydrogens is 376 g/mol. The fourth-order valence-corrected chi connectivity index (χ4v) is 3.02. The van der Waals surface area contributed by atoms with Crippen molar-refractivity contribution in [1.29, 1.82) is 0 Å². The van der Waals surface area contributed by atoms with E-state index in [1.807, 2.05) is 0 Å². The summed E-state index contributed by atoms with van der Waals surface area (Å²) >= 11 is 0. The molecule has 2 unspecified atom stereocenters. The Labute approximate surface area is 157 Å². The summed E-state index contributed by atoms with van der Waals surface area (Å²) in [7, 11) is -2.37. The Morgan fingerprint density at radius 3 is 2.63 bits per heavy atom. The third kappa shape index (κ3) is 5.90. The Hall–Kier alpha value is -2.19. The molecule has 10 heteroatoms. The lowest BCUT2D eigenvalue weighted by atomic mass is 10.1. The van der Waals surface area contributed by atoms with Crippen LogP contribution in [0.2, 0.25) is 0 Å². The number of methoxy groups -OCH3 is 1. The van der Waals surface area contributed by atoms with Crippen LogP contribution in [0.4, 0.5) is 0 Å². The number of hydroxylamine groups is 1. The second kappa shape index (κ2) is 9.66. The molecule has 150 valence electrons. The minimum Gasteiger partial charge on any atom is -0.394 e. The standard InChI is InChI=1S/C17H24N2O7S/c1-17(16(22)18-23,27(3,24)25)8-10-19-9-7-13(11-15(19)21)5-4-6-14(12-20)26-2/h7,9,11,14,20,23H,6,8,10,12H2,1-3H3,(H,18,22). The summed E-state index contributed by atoms with van der Waals surface area (Å²) in [4.78, 5) is 24.0. The maximum absolute atomic E-state index is 12.2. The Morgan fingerprint density at radius 2 is 2.15 bits per heavy atom. The number of carbonyl (C=O) groups excluding carboxylic acids is 1. The van der Waals surface area contributed by atoms with E-state index >= 15 is 0 Å². The van der Waals surface area contributed by atoms with Crippen molar-refractivity contribution in [3.05, 3.63) is 34.2 Å². The van der Waals surface area contributed by atoms with Crippen molar-refractivity contribution >= 4 is 15.7 Å². The van der Waals surface area contributed by atoms with Gasteiger partial charge in [0.05, 0.1) is 12.7 Å². The number of ether oxygens (including phenoxy) is 1. The van der Waals surface area contributed by atoms with E-state index in [1.54, 1.807) is 6.07 Å². The largest absolute Gasteiger partial charge is 0.394 e. The predicted octanol–water partition coefficient (Wildman–Crippen LogP) is -0.704. The van der Waals surface area contributed by atoms with Gasteiger partial charge in [0.25, 0.3) is 11.5 Å². The number of amides is 1. The van der Waals surface area contributed by atoms with Crippen LogP contribution in [-0.2, 0) is 25.9 Å². The van der Waals surface area contributed by atoms with Crippen LogP contribution >= 0.6 is 0 Å². The molecule has 0 radical (unpaired) electrons. The third-order valence-corrected chi connectivity index (χ3v) is 6.35. The van der Waals surface area contributed by atoms with Crippen LogP contribution in [0.15, 0.2) is 23.1 Å². The van der Waals surface area contributed by atoms with Crippen LogP contribution < -0.4 is 11.0 Å². The van der Waals surface area contributed by atoms with Crippen LogP contribution in [0.25, 0.3) is 0 Å². The molecule has 0 aliphatic rings. The highest BCUT2D eigenvalue weighted by Gasteiger charge is 2.43. The first-order valence-corrected chi connectivity index (χ1v) is 9.95. The van der Waals surface area contributed by atoms with Gasteiger partial charge in [-0.1, -0.05) is 11.8 Å². The molecule has 0 saturated heterocycles. The van der Waals surface area contributed by atoms with E-state index in [4.69, 9.17) is 15.1 Å². The normalized spacial score (nSPS) is 14.6. The fraction of sp³-hybridized carbons (Fsp3) is 0.529. The zero-order chi connectivity index (χ0) is 20.7. The van der Waals surface area contributed by atoms with Crippen molar-refractivity contribution in [2.75, 3.05) is 20.0 Å². The van der Waals surface area contributed by atoms with Crippen molar-refractivity contribution in [3.8, 4) is 11.8 Å². The SMILES string of the molecule is COC(CO)CC#Cc1ccn(CCC(C)(C(=O)NO)S(C)(=O)=O)c(=O)c1. The molecule has 1 rings (SSSR count). The lowest BCUT2D eigenvalue weighted by molar-refractivity contribution is -0.131. The maximum Gasteiger partial charge on any atom is 0.264 e. The van der Waals surface area contributed by atoms with Gasteiger partial charge in [-0.25, -0.2) is 13.9 Å². The van der Waals surface area contributed by atoms with Gasteiger partial charge in [0, 0.05) is 44.2 Å². The van der Waals surface area contributed by atoms with E-state index in [2.05, 4.69) is 11.8 Å². The molecule has 3 N–H and O–H groups in total. The lowest BCUT2D eigenvalue weighted by Crippen LogP contribution is -2.49. The lowest BCUT2D eigenvalue weighted by Gasteiger charge is -2.25. The molecule has 1 heterocycles. The first-order valence-electron chi connectivity index (χ1n) is 8.06. The van der Waals surface area contributed by atoms with E-state index in [1.165, 1.54) is 36.3 Å². The van der Waals surface area contributed by atoms with Crippen LogP contribution in [0.3, 0.4) is 0 Å². The van der Waals surface area contributed by atoms with E-state index in [0.717, 1.165) is 6.26 Å². The monoisotopic (exact) mass is 400 g/mol. The smallest absolute Gasteiger partial charge is 0.264 e. The maximum atomic E-state index is 12.2. The Morgan fingerprint density at radius 1 is 1.48 bits per heavy atom. The molecule has 0 bridgehead atoms. The number of carbonyl (C=O) groups is 1. The Balaban J connectivity index is 2.94. The van der Waals surface area contributed by atoms with Crippen LogP contribution in [0, 0.1) is 11.8 Å². The zero-order valence-corrected chi connectivity index (χ0v) is 16.2. The molecule has 0 aromatic carbocycles. The molecule has 2 atom stereocenters. The van der Waals surface area contributed by atoms with Gasteiger partial charge in [-0.3, -0.25) is 14.8 Å². The Bertz CT molecular complexity index is 879. The first-order chi connectivity index (χ1) is 12.6. The Kier molecular flexibility index (Phi) is 8.18. The number of nitrogens with one attached hydrogen (secondary N) is 1. The van der Waals surface area contributed by atoms with Gasteiger partial charge in [0.15, 0.2) is 14.6 Å². The summed E-state index contributed by atoms with van der Waals surface area (Å²) in [5, 5.41) is 17.8. The quantitative estimate of drug-likeness (QED) is 0.298. The van der Waals surface area contributed by atoms with Gasteiger partial charge < -0.3 is 14.4 Å². The number of aliphatic hydroxyl groups excluding tert-OH is 1. The number of aryl methyl sites for hydroxylation is 1. The average Bonchev–Trinajstić information content (AvgIpc) is 2.62. The van der Waals surface area contributed by atoms with Crippen molar-refractivity contribution in [2.24, 2.45) is 0 Å². The minimum atomic E-state index is -3.83. The molecule has 1 amide bonds. The molecule has 0 saturated carbocycles. The number of hydrogen-bond acceptors (Lipinski definition) is 7. The van der Waals surface area contributed by atoms with Crippen molar-refractivity contribution in [3.63, 3.8) is 0 Å². The van der Waals surface area contributed by atoms with Crippen molar-refractivity contribution in [1.82, 2.24) is 10.0 Å². The van der Waals surface area contributed by atoms with E-state index in [9.17, 15) is 18.0 Å². The molecule has 1 aromatic rings. The van der Waals surface area contributed by atoms with Crippen LogP contribution in [0.1, 0.15) is 25.3 Å². The van der Waals surface area contributed by atoms with Gasteiger partial charge in [-0.2, -0.15) is 0 Å². The highest BCUT2D eigenvalue weighted by atomic mass is 32.2. The molecule has 1 aromatic heterocycles. The number of rotatable bonds is 8. The average molecular weight is 400 g/mol. The summed E-state index contributed by atoms with van der Waals surface area (Å²) in [5.74, 6) is 4.54. The fourth-order valence-electron chi connectivity index (χ4n) is 2.18. The summed E-state index contributed by atoms with van der Waals surface area (Å²) in [6, 6.07) is 2.87. The number of aromatic nitrogens is 1. The predicted molar refractivity (Wildman–Crippen MR) is 97.9 cm³/mol. The molecule has 27 heavy (non-hydrogen) atoms. The topological polar surface area (TPSA) is 135 Å². The summed E-state index contributed by atoms with van der Waals surface area (Å²) in [6.45, 7) is 0.985. The van der Waals surface area contributed by atoms with Crippen molar-refractivity contribution in [2.45, 2.75) is 37.2 Å². The number of sulfone groups is 1. The van der Waals surface area contributed by atoms with Gasteiger partial charge in [0.2, 0.25) is 0 Å². The van der Waals surface area contributed by atoms with Crippen LogP contribution in [0.5, 0.6) is 0 Å². The summed E-state index contributed by atoms with van der Waals surface area (Å²) < 4.78 is 28.2. The van der Waals surface area contributed by atoms with Crippen molar-refractivity contribution < 1.29 is 28.3 Å². The highest BCUT2D eigenvalue weighted by Crippen LogP contribution is 2.21.